The van der Waals surface area contributed by atoms with E-state index >= 15 is 0 Å². The monoisotopic (exact) mass is 388 g/mol. The zero-order valence-corrected chi connectivity index (χ0v) is 15.9. The van der Waals surface area contributed by atoms with Crippen molar-refractivity contribution in [2.24, 2.45) is 0 Å². The molecule has 0 spiro atoms. The summed E-state index contributed by atoms with van der Waals surface area (Å²) < 4.78 is 10.3. The second-order valence-corrected chi connectivity index (χ2v) is 6.71. The van der Waals surface area contributed by atoms with Gasteiger partial charge < -0.3 is 14.8 Å². The van der Waals surface area contributed by atoms with Crippen molar-refractivity contribution in [3.05, 3.63) is 89.7 Å². The quantitative estimate of drug-likeness (QED) is 0.672. The summed E-state index contributed by atoms with van der Waals surface area (Å²) in [6.45, 7) is 0.167. The number of benzene rings is 2. The summed E-state index contributed by atoms with van der Waals surface area (Å²) in [5.74, 6) is -0.644. The minimum Gasteiger partial charge on any atom is -0.467 e. The molecule has 1 atom stereocenters. The second kappa shape index (κ2) is 8.14. The summed E-state index contributed by atoms with van der Waals surface area (Å²) in [7, 11) is 1.27. The molecule has 0 saturated heterocycles. The van der Waals surface area contributed by atoms with Crippen molar-refractivity contribution in [3.63, 3.8) is 0 Å². The highest BCUT2D eigenvalue weighted by Gasteiger charge is 2.30. The Hall–Kier alpha value is -3.67. The number of hydrogen-bond acceptors (Lipinski definition) is 5. The van der Waals surface area contributed by atoms with Gasteiger partial charge in [-0.1, -0.05) is 54.6 Å². The third-order valence-electron chi connectivity index (χ3n) is 5.06. The van der Waals surface area contributed by atoms with E-state index in [-0.39, 0.29) is 12.5 Å². The standard InChI is InChI=1S/C23H20N2O4/c1-28-22(26)21(15-7-6-12-24-13-15)25-23(27)29-14-20-18-10-4-2-8-16(18)17-9-3-5-11-19(17)20/h2-13,20-21H,14H2,1H3,(H,25,27). The minimum atomic E-state index is -0.982. The van der Waals surface area contributed by atoms with Crippen LogP contribution in [0.3, 0.4) is 0 Å². The van der Waals surface area contributed by atoms with Crippen molar-refractivity contribution in [1.29, 1.82) is 0 Å². The lowest BCUT2D eigenvalue weighted by atomic mass is 9.98. The zero-order chi connectivity index (χ0) is 20.2. The molecule has 1 unspecified atom stereocenters. The highest BCUT2D eigenvalue weighted by Crippen LogP contribution is 2.44. The lowest BCUT2D eigenvalue weighted by molar-refractivity contribution is -0.143. The molecule has 146 valence electrons. The largest absolute Gasteiger partial charge is 0.467 e. The minimum absolute atomic E-state index is 0.0527. The smallest absolute Gasteiger partial charge is 0.408 e. The molecule has 1 aliphatic carbocycles. The van der Waals surface area contributed by atoms with Gasteiger partial charge in [0.1, 0.15) is 6.61 Å². The van der Waals surface area contributed by atoms with E-state index in [0.717, 1.165) is 22.3 Å². The molecule has 6 nitrogen and oxygen atoms in total. The first-order valence-electron chi connectivity index (χ1n) is 9.28. The van der Waals surface area contributed by atoms with E-state index in [9.17, 15) is 9.59 Å². The van der Waals surface area contributed by atoms with Gasteiger partial charge in [0, 0.05) is 23.9 Å². The number of methoxy groups -OCH3 is 1. The Morgan fingerprint density at radius 1 is 1.00 bits per heavy atom. The molecule has 1 N–H and O–H groups in total. The van der Waals surface area contributed by atoms with E-state index in [2.05, 4.69) is 22.4 Å². The summed E-state index contributed by atoms with van der Waals surface area (Å²) in [5, 5.41) is 2.58. The Balaban J connectivity index is 1.49. The van der Waals surface area contributed by atoms with Gasteiger partial charge in [0.05, 0.1) is 7.11 Å². The number of pyridine rings is 1. The number of nitrogens with zero attached hydrogens (tertiary/aromatic N) is 1. The maximum absolute atomic E-state index is 12.5. The van der Waals surface area contributed by atoms with Crippen LogP contribution >= 0.6 is 0 Å². The maximum atomic E-state index is 12.5. The van der Waals surface area contributed by atoms with Gasteiger partial charge in [-0.3, -0.25) is 4.98 Å². The first kappa shape index (κ1) is 18.7. The fourth-order valence-corrected chi connectivity index (χ4v) is 3.70. The fraction of sp³-hybridized carbons (Fsp3) is 0.174. The van der Waals surface area contributed by atoms with Crippen LogP contribution in [0.15, 0.2) is 73.1 Å². The van der Waals surface area contributed by atoms with Crippen LogP contribution in [-0.4, -0.2) is 30.8 Å². The number of carbonyl (C=O) groups excluding carboxylic acids is 2. The van der Waals surface area contributed by atoms with Gasteiger partial charge in [0.15, 0.2) is 6.04 Å². The van der Waals surface area contributed by atoms with Gasteiger partial charge in [-0.15, -0.1) is 0 Å². The Bertz CT molecular complexity index is 990. The zero-order valence-electron chi connectivity index (χ0n) is 15.9. The lowest BCUT2D eigenvalue weighted by Gasteiger charge is -2.18. The first-order valence-corrected chi connectivity index (χ1v) is 9.28. The average molecular weight is 388 g/mol. The van der Waals surface area contributed by atoms with Gasteiger partial charge in [-0.2, -0.15) is 0 Å². The number of ether oxygens (including phenoxy) is 2. The number of esters is 1. The number of nitrogens with one attached hydrogen (secondary N) is 1. The fourth-order valence-electron chi connectivity index (χ4n) is 3.70. The molecule has 0 saturated carbocycles. The molecule has 1 heterocycles. The van der Waals surface area contributed by atoms with Crippen LogP contribution in [-0.2, 0) is 14.3 Å². The first-order chi connectivity index (χ1) is 14.2. The highest BCUT2D eigenvalue weighted by molar-refractivity contribution is 5.83. The molecular weight excluding hydrogens is 368 g/mol. The van der Waals surface area contributed by atoms with Crippen LogP contribution in [0.1, 0.15) is 28.7 Å². The van der Waals surface area contributed by atoms with E-state index in [1.165, 1.54) is 13.3 Å². The predicted octanol–water partition coefficient (Wildman–Crippen LogP) is 3.83. The van der Waals surface area contributed by atoms with Gasteiger partial charge >= 0.3 is 12.1 Å². The Morgan fingerprint density at radius 3 is 2.24 bits per heavy atom. The van der Waals surface area contributed by atoms with E-state index in [1.54, 1.807) is 18.3 Å². The third kappa shape index (κ3) is 3.69. The third-order valence-corrected chi connectivity index (χ3v) is 5.06. The maximum Gasteiger partial charge on any atom is 0.408 e. The predicted molar refractivity (Wildman–Crippen MR) is 107 cm³/mol. The Morgan fingerprint density at radius 2 is 1.66 bits per heavy atom. The van der Waals surface area contributed by atoms with Gasteiger partial charge in [0.2, 0.25) is 0 Å². The second-order valence-electron chi connectivity index (χ2n) is 6.71. The molecule has 0 radical (unpaired) electrons. The van der Waals surface area contributed by atoms with Crippen molar-refractivity contribution in [1.82, 2.24) is 10.3 Å². The van der Waals surface area contributed by atoms with E-state index < -0.39 is 18.1 Å². The highest BCUT2D eigenvalue weighted by atomic mass is 16.6. The van der Waals surface area contributed by atoms with Crippen LogP contribution < -0.4 is 5.32 Å². The average Bonchev–Trinajstić information content (AvgIpc) is 3.10. The molecule has 0 aliphatic heterocycles. The van der Waals surface area contributed by atoms with Gasteiger partial charge in [-0.05, 0) is 28.3 Å². The Kier molecular flexibility index (Phi) is 5.24. The van der Waals surface area contributed by atoms with Crippen molar-refractivity contribution in [2.45, 2.75) is 12.0 Å². The van der Waals surface area contributed by atoms with Crippen molar-refractivity contribution in [2.75, 3.05) is 13.7 Å². The summed E-state index contributed by atoms with van der Waals surface area (Å²) in [5.41, 5.74) is 5.07. The molecule has 3 aromatic rings. The topological polar surface area (TPSA) is 77.5 Å². The molecule has 29 heavy (non-hydrogen) atoms. The summed E-state index contributed by atoms with van der Waals surface area (Å²) in [6, 6.07) is 18.6. The number of aromatic nitrogens is 1. The van der Waals surface area contributed by atoms with Gasteiger partial charge in [-0.25, -0.2) is 9.59 Å². The van der Waals surface area contributed by atoms with E-state index in [0.29, 0.717) is 5.56 Å². The van der Waals surface area contributed by atoms with E-state index in [1.807, 2.05) is 36.4 Å². The van der Waals surface area contributed by atoms with Crippen LogP contribution in [0.5, 0.6) is 0 Å². The van der Waals surface area contributed by atoms with Crippen molar-refractivity contribution >= 4 is 12.1 Å². The molecule has 0 bridgehead atoms. The summed E-state index contributed by atoms with van der Waals surface area (Å²) in [4.78, 5) is 28.6. The van der Waals surface area contributed by atoms with Crippen LogP contribution in [0.4, 0.5) is 4.79 Å². The Labute approximate surface area is 168 Å². The number of amides is 1. The number of carbonyl (C=O) groups is 2. The molecule has 1 amide bonds. The van der Waals surface area contributed by atoms with Gasteiger partial charge in [0.25, 0.3) is 0 Å². The van der Waals surface area contributed by atoms with Crippen LogP contribution in [0.2, 0.25) is 0 Å². The number of fused-ring (bicyclic) bond motifs is 3. The SMILES string of the molecule is COC(=O)C(NC(=O)OCC1c2ccccc2-c2ccccc21)c1cccnc1. The summed E-state index contributed by atoms with van der Waals surface area (Å²) in [6.07, 6.45) is 2.40. The van der Waals surface area contributed by atoms with Crippen molar-refractivity contribution < 1.29 is 19.1 Å². The molecule has 1 aromatic heterocycles. The number of alkyl carbamates (subject to hydrolysis) is 1. The van der Waals surface area contributed by atoms with E-state index in [4.69, 9.17) is 9.47 Å². The van der Waals surface area contributed by atoms with Crippen molar-refractivity contribution in [3.8, 4) is 11.1 Å². The number of rotatable bonds is 5. The molecule has 1 aliphatic rings. The molecule has 6 heteroatoms. The molecular formula is C23H20N2O4. The molecule has 4 rings (SSSR count). The molecule has 2 aromatic carbocycles. The van der Waals surface area contributed by atoms with Crippen LogP contribution in [0.25, 0.3) is 11.1 Å². The normalized spacial score (nSPS) is 13.1. The molecule has 0 fully saturated rings. The summed E-state index contributed by atoms with van der Waals surface area (Å²) >= 11 is 0. The lowest BCUT2D eigenvalue weighted by Crippen LogP contribution is -2.35. The van der Waals surface area contributed by atoms with Crippen LogP contribution in [0, 0.1) is 0 Å². The number of hydrogen-bond donors (Lipinski definition) is 1.